The Bertz CT molecular complexity index is 845. The van der Waals surface area contributed by atoms with E-state index in [0.29, 0.717) is 22.7 Å². The highest BCUT2D eigenvalue weighted by Crippen LogP contribution is 2.21. The van der Waals surface area contributed by atoms with Gasteiger partial charge in [0.15, 0.2) is 0 Å². The molecule has 0 spiro atoms. The van der Waals surface area contributed by atoms with Crippen LogP contribution in [0.2, 0.25) is 0 Å². The van der Waals surface area contributed by atoms with Crippen LogP contribution in [-0.2, 0) is 0 Å². The van der Waals surface area contributed by atoms with Gasteiger partial charge >= 0.3 is 0 Å². The Kier molecular flexibility index (Phi) is 4.05. The molecule has 0 bridgehead atoms. The summed E-state index contributed by atoms with van der Waals surface area (Å²) in [4.78, 5) is 12.2. The predicted molar refractivity (Wildman–Crippen MR) is 82.8 cm³/mol. The normalized spacial score (nSPS) is 10.3. The van der Waals surface area contributed by atoms with Gasteiger partial charge in [-0.05, 0) is 24.3 Å². The molecule has 0 saturated heterocycles. The molecule has 0 aliphatic heterocycles. The van der Waals surface area contributed by atoms with E-state index in [0.717, 1.165) is 0 Å². The first-order valence-electron chi connectivity index (χ1n) is 6.84. The molecule has 116 valence electrons. The van der Waals surface area contributed by atoms with Gasteiger partial charge < -0.3 is 14.6 Å². The molecule has 1 N–H and O–H groups in total. The molecule has 2 aromatic carbocycles. The second-order valence-corrected chi connectivity index (χ2v) is 4.77. The molecule has 0 fully saturated rings. The van der Waals surface area contributed by atoms with Gasteiger partial charge in [-0.3, -0.25) is 4.79 Å². The largest absolute Gasteiger partial charge is 0.497 e. The van der Waals surface area contributed by atoms with Crippen LogP contribution in [0.1, 0.15) is 10.6 Å². The fourth-order valence-electron chi connectivity index (χ4n) is 2.06. The molecule has 0 aliphatic carbocycles. The summed E-state index contributed by atoms with van der Waals surface area (Å²) in [6.07, 6.45) is 0. The summed E-state index contributed by atoms with van der Waals surface area (Å²) in [7, 11) is 1.54. The number of rotatable bonds is 4. The highest BCUT2D eigenvalue weighted by molar-refractivity contribution is 6.02. The van der Waals surface area contributed by atoms with Crippen LogP contribution in [0.25, 0.3) is 11.3 Å². The van der Waals surface area contributed by atoms with E-state index >= 15 is 0 Å². The number of anilines is 1. The molecule has 6 heteroatoms. The molecule has 3 rings (SSSR count). The van der Waals surface area contributed by atoms with Crippen molar-refractivity contribution in [3.63, 3.8) is 0 Å². The molecule has 1 amide bonds. The first kappa shape index (κ1) is 14.8. The fraction of sp³-hybridized carbons (Fsp3) is 0.0588. The van der Waals surface area contributed by atoms with E-state index < -0.39 is 5.91 Å². The number of hydrogen-bond donors (Lipinski definition) is 1. The summed E-state index contributed by atoms with van der Waals surface area (Å²) in [6, 6.07) is 14.3. The number of carbonyl (C=O) groups is 1. The van der Waals surface area contributed by atoms with E-state index in [1.807, 2.05) is 0 Å². The SMILES string of the molecule is COc1cccc(NC(=O)c2cc(-c3cccc(F)c3)no2)c1. The fourth-order valence-corrected chi connectivity index (χ4v) is 2.06. The lowest BCUT2D eigenvalue weighted by Gasteiger charge is -2.04. The lowest BCUT2D eigenvalue weighted by Crippen LogP contribution is -2.10. The van der Waals surface area contributed by atoms with Crippen LogP contribution in [-0.4, -0.2) is 18.2 Å². The maximum atomic E-state index is 13.2. The zero-order valence-electron chi connectivity index (χ0n) is 12.2. The van der Waals surface area contributed by atoms with Crippen molar-refractivity contribution in [3.8, 4) is 17.0 Å². The van der Waals surface area contributed by atoms with Gasteiger partial charge in [-0.1, -0.05) is 23.4 Å². The molecular formula is C17H13FN2O3. The van der Waals surface area contributed by atoms with Crippen molar-refractivity contribution >= 4 is 11.6 Å². The molecule has 3 aromatic rings. The predicted octanol–water partition coefficient (Wildman–Crippen LogP) is 3.74. The van der Waals surface area contributed by atoms with Crippen LogP contribution in [0.5, 0.6) is 5.75 Å². The van der Waals surface area contributed by atoms with Crippen molar-refractivity contribution in [2.75, 3.05) is 12.4 Å². The molecule has 0 saturated carbocycles. The second-order valence-electron chi connectivity index (χ2n) is 4.77. The summed E-state index contributed by atoms with van der Waals surface area (Å²) in [6.45, 7) is 0. The third kappa shape index (κ3) is 3.37. The smallest absolute Gasteiger partial charge is 0.294 e. The minimum atomic E-state index is -0.451. The topological polar surface area (TPSA) is 64.4 Å². The number of methoxy groups -OCH3 is 1. The van der Waals surface area contributed by atoms with Gasteiger partial charge in [0.1, 0.15) is 17.3 Å². The number of benzene rings is 2. The summed E-state index contributed by atoms with van der Waals surface area (Å²) in [5, 5.41) is 6.48. The van der Waals surface area contributed by atoms with Crippen LogP contribution < -0.4 is 10.1 Å². The number of carbonyl (C=O) groups excluding carboxylic acids is 1. The first-order valence-corrected chi connectivity index (χ1v) is 6.84. The van der Waals surface area contributed by atoms with E-state index in [1.165, 1.54) is 18.2 Å². The molecule has 0 atom stereocenters. The number of amides is 1. The average molecular weight is 312 g/mol. The van der Waals surface area contributed by atoms with E-state index in [2.05, 4.69) is 10.5 Å². The number of aromatic nitrogens is 1. The standard InChI is InChI=1S/C17H13FN2O3/c1-22-14-7-3-6-13(9-14)19-17(21)16-10-15(20-23-16)11-4-2-5-12(18)8-11/h2-10H,1H3,(H,19,21). The zero-order chi connectivity index (χ0) is 16.2. The molecule has 0 radical (unpaired) electrons. The highest BCUT2D eigenvalue weighted by atomic mass is 19.1. The van der Waals surface area contributed by atoms with Crippen molar-refractivity contribution in [1.29, 1.82) is 0 Å². The Balaban J connectivity index is 1.78. The van der Waals surface area contributed by atoms with E-state index in [-0.39, 0.29) is 11.6 Å². The van der Waals surface area contributed by atoms with E-state index in [4.69, 9.17) is 9.26 Å². The monoisotopic (exact) mass is 312 g/mol. The minimum absolute atomic E-state index is 0.0343. The molecule has 23 heavy (non-hydrogen) atoms. The van der Waals surface area contributed by atoms with Crippen LogP contribution in [0, 0.1) is 5.82 Å². The van der Waals surface area contributed by atoms with Gasteiger partial charge in [0, 0.05) is 23.4 Å². The Morgan fingerprint density at radius 3 is 2.78 bits per heavy atom. The van der Waals surface area contributed by atoms with Crippen LogP contribution >= 0.6 is 0 Å². The van der Waals surface area contributed by atoms with Gasteiger partial charge in [-0.2, -0.15) is 0 Å². The average Bonchev–Trinajstić information content (AvgIpc) is 3.05. The maximum Gasteiger partial charge on any atom is 0.294 e. The van der Waals surface area contributed by atoms with Crippen molar-refractivity contribution in [1.82, 2.24) is 5.16 Å². The van der Waals surface area contributed by atoms with Gasteiger partial charge in [-0.25, -0.2) is 4.39 Å². The number of nitrogens with zero attached hydrogens (tertiary/aromatic N) is 1. The second kappa shape index (κ2) is 6.31. The van der Waals surface area contributed by atoms with Crippen LogP contribution in [0.4, 0.5) is 10.1 Å². The minimum Gasteiger partial charge on any atom is -0.497 e. The lowest BCUT2D eigenvalue weighted by molar-refractivity contribution is 0.0988. The lowest BCUT2D eigenvalue weighted by atomic mass is 10.1. The third-order valence-corrected chi connectivity index (χ3v) is 3.18. The number of halogens is 1. The number of ether oxygens (including phenoxy) is 1. The Labute approximate surface area is 131 Å². The molecule has 1 heterocycles. The van der Waals surface area contributed by atoms with Crippen molar-refractivity contribution < 1.29 is 18.4 Å². The highest BCUT2D eigenvalue weighted by Gasteiger charge is 2.14. The van der Waals surface area contributed by atoms with Gasteiger partial charge in [0.25, 0.3) is 5.91 Å². The van der Waals surface area contributed by atoms with Gasteiger partial charge in [-0.15, -0.1) is 0 Å². The molecule has 1 aromatic heterocycles. The molecular weight excluding hydrogens is 299 g/mol. The molecule has 0 aliphatic rings. The maximum absolute atomic E-state index is 13.2. The quantitative estimate of drug-likeness (QED) is 0.797. The Hall–Kier alpha value is -3.15. The summed E-state index contributed by atoms with van der Waals surface area (Å²) < 4.78 is 23.4. The van der Waals surface area contributed by atoms with Gasteiger partial charge in [0.05, 0.1) is 7.11 Å². The van der Waals surface area contributed by atoms with E-state index in [1.54, 1.807) is 43.5 Å². The third-order valence-electron chi connectivity index (χ3n) is 3.18. The summed E-state index contributed by atoms with van der Waals surface area (Å²) >= 11 is 0. The zero-order valence-corrected chi connectivity index (χ0v) is 12.2. The van der Waals surface area contributed by atoms with Gasteiger partial charge in [0.2, 0.25) is 5.76 Å². The van der Waals surface area contributed by atoms with Crippen LogP contribution in [0.15, 0.2) is 59.1 Å². The molecule has 0 unspecified atom stereocenters. The number of nitrogens with one attached hydrogen (secondary N) is 1. The summed E-state index contributed by atoms with van der Waals surface area (Å²) in [5.74, 6) is -0.172. The first-order chi connectivity index (χ1) is 11.2. The Morgan fingerprint density at radius 2 is 2.00 bits per heavy atom. The van der Waals surface area contributed by atoms with Crippen molar-refractivity contribution in [2.24, 2.45) is 0 Å². The van der Waals surface area contributed by atoms with E-state index in [9.17, 15) is 9.18 Å². The molecule has 5 nitrogen and oxygen atoms in total. The van der Waals surface area contributed by atoms with Crippen LogP contribution in [0.3, 0.4) is 0 Å². The van der Waals surface area contributed by atoms with Crippen molar-refractivity contribution in [2.45, 2.75) is 0 Å². The summed E-state index contributed by atoms with van der Waals surface area (Å²) in [5.41, 5.74) is 1.49. The Morgan fingerprint density at radius 1 is 1.17 bits per heavy atom. The van der Waals surface area contributed by atoms with Crippen molar-refractivity contribution in [3.05, 3.63) is 66.2 Å². The number of hydrogen-bond acceptors (Lipinski definition) is 4.